The van der Waals surface area contributed by atoms with Crippen molar-refractivity contribution in [3.63, 3.8) is 0 Å². The second-order valence-electron chi connectivity index (χ2n) is 7.77. The maximum absolute atomic E-state index is 6.09. The van der Waals surface area contributed by atoms with Gasteiger partial charge >= 0.3 is 0 Å². The van der Waals surface area contributed by atoms with Gasteiger partial charge in [-0.2, -0.15) is 0 Å². The van der Waals surface area contributed by atoms with E-state index in [1.54, 1.807) is 0 Å². The molecule has 2 fully saturated rings. The van der Waals surface area contributed by atoms with Crippen molar-refractivity contribution in [1.82, 2.24) is 4.90 Å². The predicted molar refractivity (Wildman–Crippen MR) is 107 cm³/mol. The lowest BCUT2D eigenvalue weighted by Crippen LogP contribution is -2.24. The Labute approximate surface area is 159 Å². The van der Waals surface area contributed by atoms with Crippen molar-refractivity contribution >= 4 is 15.9 Å². The van der Waals surface area contributed by atoms with E-state index in [4.69, 9.17) is 4.74 Å². The Morgan fingerprint density at radius 2 is 1.80 bits per heavy atom. The third-order valence-electron chi connectivity index (χ3n) is 5.36. The molecule has 2 aromatic rings. The van der Waals surface area contributed by atoms with Crippen molar-refractivity contribution in [2.24, 2.45) is 17.8 Å². The van der Waals surface area contributed by atoms with Crippen LogP contribution in [-0.4, -0.2) is 31.6 Å². The van der Waals surface area contributed by atoms with E-state index in [1.165, 1.54) is 43.5 Å². The Hall–Kier alpha value is -1.32. The van der Waals surface area contributed by atoms with Crippen LogP contribution in [0.15, 0.2) is 53.0 Å². The molecule has 0 bridgehead atoms. The molecular weight excluding hydrogens is 374 g/mol. The van der Waals surface area contributed by atoms with Crippen LogP contribution in [0.4, 0.5) is 0 Å². The smallest absolute Gasteiger partial charge is 0.119 e. The minimum absolute atomic E-state index is 0.734. The molecule has 4 rings (SSSR count). The number of rotatable bonds is 8. The van der Waals surface area contributed by atoms with Crippen molar-refractivity contribution in [3.05, 3.63) is 53.0 Å². The second-order valence-corrected chi connectivity index (χ2v) is 8.68. The summed E-state index contributed by atoms with van der Waals surface area (Å²) in [4.78, 5) is 2.52. The van der Waals surface area contributed by atoms with Crippen molar-refractivity contribution in [2.75, 3.05) is 26.7 Å². The molecule has 0 aliphatic heterocycles. The van der Waals surface area contributed by atoms with Crippen LogP contribution in [0.5, 0.6) is 5.75 Å². The number of benzene rings is 2. The molecule has 2 aliphatic carbocycles. The Bertz CT molecular complexity index is 710. The summed E-state index contributed by atoms with van der Waals surface area (Å²) in [6.45, 7) is 3.38. The molecule has 25 heavy (non-hydrogen) atoms. The first-order valence-corrected chi connectivity index (χ1v) is 10.1. The highest BCUT2D eigenvalue weighted by molar-refractivity contribution is 9.10. The fourth-order valence-electron chi connectivity index (χ4n) is 3.57. The zero-order chi connectivity index (χ0) is 17.2. The average molecular weight is 400 g/mol. The minimum atomic E-state index is 0.734. The molecule has 0 heterocycles. The summed E-state index contributed by atoms with van der Waals surface area (Å²) < 4.78 is 7.20. The van der Waals surface area contributed by atoms with Crippen molar-refractivity contribution in [3.8, 4) is 16.9 Å². The maximum atomic E-state index is 6.09. The molecule has 2 saturated carbocycles. The lowest BCUT2D eigenvalue weighted by Gasteiger charge is -2.16. The largest absolute Gasteiger partial charge is 0.493 e. The van der Waals surface area contributed by atoms with Crippen LogP contribution in [0.3, 0.4) is 0 Å². The Morgan fingerprint density at radius 3 is 2.56 bits per heavy atom. The zero-order valence-electron chi connectivity index (χ0n) is 14.8. The van der Waals surface area contributed by atoms with Crippen molar-refractivity contribution in [1.29, 1.82) is 0 Å². The number of halogens is 1. The SMILES string of the molecule is CN(CC1CC1)CC1CC1COc1cccc(-c2ccc(Br)cc2)c1. The van der Waals surface area contributed by atoms with Crippen LogP contribution in [0.1, 0.15) is 19.3 Å². The Morgan fingerprint density at radius 1 is 1.00 bits per heavy atom. The molecule has 0 radical (unpaired) electrons. The summed E-state index contributed by atoms with van der Waals surface area (Å²) >= 11 is 3.49. The molecule has 0 saturated heterocycles. The van der Waals surface area contributed by atoms with Gasteiger partial charge in [0.2, 0.25) is 0 Å². The topological polar surface area (TPSA) is 12.5 Å². The third kappa shape index (κ3) is 4.86. The monoisotopic (exact) mass is 399 g/mol. The molecule has 132 valence electrons. The molecule has 0 aromatic heterocycles. The first-order valence-electron chi connectivity index (χ1n) is 9.35. The average Bonchev–Trinajstić information content (AvgIpc) is 3.53. The maximum Gasteiger partial charge on any atom is 0.119 e. The van der Waals surface area contributed by atoms with Gasteiger partial charge in [-0.1, -0.05) is 40.2 Å². The fraction of sp³-hybridized carbons (Fsp3) is 0.455. The highest BCUT2D eigenvalue weighted by Gasteiger charge is 2.38. The van der Waals surface area contributed by atoms with Gasteiger partial charge in [0.05, 0.1) is 6.61 Å². The van der Waals surface area contributed by atoms with Crippen LogP contribution < -0.4 is 4.74 Å². The lowest BCUT2D eigenvalue weighted by atomic mass is 10.1. The molecule has 0 N–H and O–H groups in total. The van der Waals surface area contributed by atoms with E-state index in [2.05, 4.69) is 76.4 Å². The van der Waals surface area contributed by atoms with Crippen LogP contribution in [-0.2, 0) is 0 Å². The Balaban J connectivity index is 1.27. The summed E-state index contributed by atoms with van der Waals surface area (Å²) in [5.74, 6) is 3.54. The quantitative estimate of drug-likeness (QED) is 0.583. The van der Waals surface area contributed by atoms with Gasteiger partial charge in [0.1, 0.15) is 5.75 Å². The van der Waals surface area contributed by atoms with E-state index in [9.17, 15) is 0 Å². The second kappa shape index (κ2) is 7.51. The molecule has 2 aromatic carbocycles. The molecule has 0 spiro atoms. The minimum Gasteiger partial charge on any atom is -0.493 e. The van der Waals surface area contributed by atoms with E-state index in [0.29, 0.717) is 0 Å². The Kier molecular flexibility index (Phi) is 5.14. The van der Waals surface area contributed by atoms with Gasteiger partial charge in [-0.15, -0.1) is 0 Å². The first-order chi connectivity index (χ1) is 12.2. The van der Waals surface area contributed by atoms with E-state index in [0.717, 1.165) is 34.6 Å². The number of ether oxygens (including phenoxy) is 1. The third-order valence-corrected chi connectivity index (χ3v) is 5.89. The van der Waals surface area contributed by atoms with E-state index in [-0.39, 0.29) is 0 Å². The van der Waals surface area contributed by atoms with Gasteiger partial charge < -0.3 is 9.64 Å². The highest BCUT2D eigenvalue weighted by Crippen LogP contribution is 2.40. The zero-order valence-corrected chi connectivity index (χ0v) is 16.4. The fourth-order valence-corrected chi connectivity index (χ4v) is 3.83. The molecular formula is C22H26BrNO. The number of nitrogens with zero attached hydrogens (tertiary/aromatic N) is 1. The van der Waals surface area contributed by atoms with Crippen LogP contribution in [0.2, 0.25) is 0 Å². The van der Waals surface area contributed by atoms with Crippen LogP contribution >= 0.6 is 15.9 Å². The molecule has 2 aliphatic rings. The number of hydrogen-bond acceptors (Lipinski definition) is 2. The van der Waals surface area contributed by atoms with Gasteiger partial charge in [0.25, 0.3) is 0 Å². The van der Waals surface area contributed by atoms with E-state index < -0.39 is 0 Å². The van der Waals surface area contributed by atoms with E-state index >= 15 is 0 Å². The van der Waals surface area contributed by atoms with Crippen molar-refractivity contribution < 1.29 is 4.74 Å². The molecule has 2 unspecified atom stereocenters. The molecule has 0 amide bonds. The predicted octanol–water partition coefficient (Wildman–Crippen LogP) is 5.47. The van der Waals surface area contributed by atoms with Gasteiger partial charge in [0, 0.05) is 17.6 Å². The highest BCUT2D eigenvalue weighted by atomic mass is 79.9. The summed E-state index contributed by atoms with van der Waals surface area (Å²) in [5.41, 5.74) is 2.43. The van der Waals surface area contributed by atoms with E-state index in [1.807, 2.05) is 0 Å². The summed E-state index contributed by atoms with van der Waals surface area (Å²) in [6, 6.07) is 16.9. The van der Waals surface area contributed by atoms with Gasteiger partial charge in [-0.05, 0) is 79.5 Å². The lowest BCUT2D eigenvalue weighted by molar-refractivity contribution is 0.265. The van der Waals surface area contributed by atoms with Crippen molar-refractivity contribution in [2.45, 2.75) is 19.3 Å². The molecule has 2 atom stereocenters. The molecule has 2 nitrogen and oxygen atoms in total. The summed E-state index contributed by atoms with van der Waals surface area (Å²) in [7, 11) is 2.27. The van der Waals surface area contributed by atoms with Crippen LogP contribution in [0.25, 0.3) is 11.1 Å². The first kappa shape index (κ1) is 17.1. The van der Waals surface area contributed by atoms with Crippen LogP contribution in [0, 0.1) is 17.8 Å². The number of hydrogen-bond donors (Lipinski definition) is 0. The normalized spacial score (nSPS) is 22.2. The molecule has 3 heteroatoms. The standard InChI is InChI=1S/C22H26BrNO/c1-24(13-16-5-6-16)14-19-11-20(19)15-25-22-4-2-3-18(12-22)17-7-9-21(23)10-8-17/h2-4,7-10,12,16,19-20H,5-6,11,13-15H2,1H3. The summed E-state index contributed by atoms with van der Waals surface area (Å²) in [5, 5.41) is 0. The summed E-state index contributed by atoms with van der Waals surface area (Å²) in [6.07, 6.45) is 4.20. The van der Waals surface area contributed by atoms with Gasteiger partial charge in [-0.3, -0.25) is 0 Å². The van der Waals surface area contributed by atoms with Gasteiger partial charge in [-0.25, -0.2) is 0 Å². The van der Waals surface area contributed by atoms with Gasteiger partial charge in [0.15, 0.2) is 0 Å².